The summed E-state index contributed by atoms with van der Waals surface area (Å²) in [7, 11) is 1.25. The van der Waals surface area contributed by atoms with E-state index in [4.69, 9.17) is 22.2 Å². The number of carbonyl (C=O) groups is 3. The minimum Gasteiger partial charge on any atom is -0.477 e. The molecule has 0 bridgehead atoms. The lowest BCUT2D eigenvalue weighted by molar-refractivity contribution is -0.155. The molecule has 0 saturated carbocycles. The number of nitrogen functional groups attached to an aromatic ring is 1. The summed E-state index contributed by atoms with van der Waals surface area (Å²) in [5.74, 6) is -2.38. The number of allylic oxidation sites excluding steroid dienone is 1. The average molecular weight is 446 g/mol. The number of amides is 2. The number of halogens is 1. The number of carbonyl (C=O) groups excluding carboxylic acids is 2. The van der Waals surface area contributed by atoms with Gasteiger partial charge in [-0.25, -0.2) is 9.78 Å². The van der Waals surface area contributed by atoms with Crippen LogP contribution in [0.15, 0.2) is 15.8 Å². The molecule has 13 heteroatoms. The molecular weight excluding hydrogens is 430 g/mol. The van der Waals surface area contributed by atoms with Crippen LogP contribution in [0, 0.1) is 0 Å². The second-order valence-corrected chi connectivity index (χ2v) is 8.38. The van der Waals surface area contributed by atoms with Crippen LogP contribution in [0.4, 0.5) is 5.13 Å². The van der Waals surface area contributed by atoms with Gasteiger partial charge in [-0.1, -0.05) is 28.1 Å². The number of anilines is 1. The van der Waals surface area contributed by atoms with E-state index in [1.807, 2.05) is 0 Å². The molecule has 10 nitrogen and oxygen atoms in total. The van der Waals surface area contributed by atoms with E-state index in [-0.39, 0.29) is 26.6 Å². The third-order valence-electron chi connectivity index (χ3n) is 4.35. The maximum atomic E-state index is 12.7. The Labute approximate surface area is 172 Å². The second-order valence-electron chi connectivity index (χ2n) is 5.84. The molecule has 3 heterocycles. The normalized spacial score (nSPS) is 21.9. The molecule has 0 aromatic carbocycles. The number of carboxylic acid groups (broad SMARTS) is 1. The van der Waals surface area contributed by atoms with Crippen molar-refractivity contribution < 1.29 is 24.3 Å². The van der Waals surface area contributed by atoms with Crippen molar-refractivity contribution in [3.63, 3.8) is 0 Å². The molecule has 150 valence electrons. The minimum atomic E-state index is -1.17. The van der Waals surface area contributed by atoms with Crippen LogP contribution in [0.3, 0.4) is 0 Å². The molecular formula is C15H16ClN5O5S2. The van der Waals surface area contributed by atoms with Crippen molar-refractivity contribution >= 4 is 63.3 Å². The maximum Gasteiger partial charge on any atom is 0.353 e. The summed E-state index contributed by atoms with van der Waals surface area (Å²) < 4.78 is 0.156. The first kappa shape index (κ1) is 20.4. The summed E-state index contributed by atoms with van der Waals surface area (Å²) in [5, 5.41) is 15.8. The fourth-order valence-corrected chi connectivity index (χ4v) is 4.81. The van der Waals surface area contributed by atoms with E-state index in [1.165, 1.54) is 23.8 Å². The van der Waals surface area contributed by atoms with Crippen molar-refractivity contribution in [2.45, 2.75) is 24.9 Å². The summed E-state index contributed by atoms with van der Waals surface area (Å²) in [6.07, 6.45) is 2.81. The number of fused-ring (bicyclic) bond motifs is 1. The van der Waals surface area contributed by atoms with Crippen molar-refractivity contribution in [1.29, 1.82) is 0 Å². The van der Waals surface area contributed by atoms with Gasteiger partial charge in [0.05, 0.1) is 6.04 Å². The highest BCUT2D eigenvalue weighted by atomic mass is 35.5. The van der Waals surface area contributed by atoms with Gasteiger partial charge in [0.2, 0.25) is 0 Å². The Morgan fingerprint density at radius 2 is 2.25 bits per heavy atom. The molecule has 1 unspecified atom stereocenters. The molecule has 0 spiro atoms. The first-order chi connectivity index (χ1) is 13.3. The molecule has 2 amide bonds. The number of thioether (sulfide) groups is 1. The van der Waals surface area contributed by atoms with Crippen LogP contribution in [0.1, 0.15) is 18.5 Å². The Morgan fingerprint density at radius 3 is 2.79 bits per heavy atom. The van der Waals surface area contributed by atoms with Crippen molar-refractivity contribution in [1.82, 2.24) is 15.2 Å². The number of aromatic nitrogens is 1. The van der Waals surface area contributed by atoms with Gasteiger partial charge < -0.3 is 21.0 Å². The zero-order valence-corrected chi connectivity index (χ0v) is 17.2. The Hall–Kier alpha value is -2.31. The van der Waals surface area contributed by atoms with Crippen LogP contribution in [0.2, 0.25) is 4.34 Å². The third kappa shape index (κ3) is 3.42. The number of nitrogens with one attached hydrogen (secondary N) is 1. The predicted molar refractivity (Wildman–Crippen MR) is 105 cm³/mol. The van der Waals surface area contributed by atoms with E-state index in [2.05, 4.69) is 15.5 Å². The third-order valence-corrected chi connectivity index (χ3v) is 6.33. The number of carboxylic acids is 1. The number of nitrogens with zero attached hydrogens (tertiary/aromatic N) is 3. The molecule has 2 aliphatic rings. The quantitative estimate of drug-likeness (QED) is 0.332. The number of nitrogens with two attached hydrogens (primary N) is 1. The second kappa shape index (κ2) is 7.97. The zero-order chi connectivity index (χ0) is 20.6. The average Bonchev–Trinajstić information content (AvgIpc) is 3.00. The Bertz CT molecular complexity index is 915. The molecule has 4 N–H and O–H groups in total. The molecule has 28 heavy (non-hydrogen) atoms. The minimum absolute atomic E-state index is 0.0275. The van der Waals surface area contributed by atoms with E-state index in [1.54, 1.807) is 6.26 Å². The van der Waals surface area contributed by atoms with Gasteiger partial charge in [-0.3, -0.25) is 14.5 Å². The largest absolute Gasteiger partial charge is 0.477 e. The number of aliphatic carboxylic acids is 1. The van der Waals surface area contributed by atoms with Gasteiger partial charge >= 0.3 is 5.97 Å². The summed E-state index contributed by atoms with van der Waals surface area (Å²) in [6, 6.07) is -1.32. The van der Waals surface area contributed by atoms with Gasteiger partial charge in [0.15, 0.2) is 10.8 Å². The van der Waals surface area contributed by atoms with Crippen LogP contribution in [0.5, 0.6) is 0 Å². The smallest absolute Gasteiger partial charge is 0.353 e. The van der Waals surface area contributed by atoms with E-state index < -0.39 is 29.9 Å². The highest BCUT2D eigenvalue weighted by molar-refractivity contribution is 8.02. The number of hydrogen-bond acceptors (Lipinski definition) is 9. The van der Waals surface area contributed by atoms with E-state index in [9.17, 15) is 19.5 Å². The molecule has 1 saturated heterocycles. The molecule has 3 rings (SSSR count). The van der Waals surface area contributed by atoms with Gasteiger partial charge in [0.25, 0.3) is 11.8 Å². The van der Waals surface area contributed by atoms with E-state index >= 15 is 0 Å². The molecule has 2 atom stereocenters. The van der Waals surface area contributed by atoms with E-state index in [0.717, 1.165) is 11.3 Å². The topological polar surface area (TPSA) is 147 Å². The fraction of sp³-hybridized carbons (Fsp3) is 0.400. The first-order valence-electron chi connectivity index (χ1n) is 7.97. The number of oxime groups is 1. The molecule has 1 aromatic heterocycles. The highest BCUT2D eigenvalue weighted by Crippen LogP contribution is 2.40. The SMILES string of the molecule is CO/N=C(/C(=O)N[C@@H]1C(=O)N2C(C(=O)O)=C(SC)CCC12)c1nc(N)sc1Cl. The van der Waals surface area contributed by atoms with Crippen LogP contribution in [-0.2, 0) is 19.2 Å². The number of β-lactam (4-membered cyclic amide) rings is 1. The predicted octanol–water partition coefficient (Wildman–Crippen LogP) is 0.878. The molecule has 1 fully saturated rings. The highest BCUT2D eigenvalue weighted by Gasteiger charge is 2.53. The zero-order valence-electron chi connectivity index (χ0n) is 14.8. The van der Waals surface area contributed by atoms with Crippen LogP contribution < -0.4 is 11.1 Å². The number of hydrogen-bond donors (Lipinski definition) is 3. The van der Waals surface area contributed by atoms with Gasteiger partial charge in [-0.15, -0.1) is 11.8 Å². The standard InChI is InChI=1S/C15H16ClN5O5S2/c1-26-20-9(8-11(16)28-15(17)19-8)12(22)18-7-5-3-4-6(27-2)10(14(24)25)21(5)13(7)23/h5,7H,3-4H2,1-2H3,(H2,17,19)(H,18,22)(H,24,25)/b20-9+/t5?,7-/m0/s1. The molecule has 0 radical (unpaired) electrons. The lowest BCUT2D eigenvalue weighted by Gasteiger charge is -2.50. The van der Waals surface area contributed by atoms with Crippen LogP contribution in [-0.4, -0.2) is 63.9 Å². The molecule has 1 aromatic rings. The van der Waals surface area contributed by atoms with Crippen molar-refractivity contribution in [2.24, 2.45) is 5.16 Å². The lowest BCUT2D eigenvalue weighted by Crippen LogP contribution is -2.72. The summed E-state index contributed by atoms with van der Waals surface area (Å²) in [4.78, 5) is 47.4. The van der Waals surface area contributed by atoms with Gasteiger partial charge in [-0.2, -0.15) is 0 Å². The van der Waals surface area contributed by atoms with Gasteiger partial charge in [-0.05, 0) is 19.1 Å². The Morgan fingerprint density at radius 1 is 1.54 bits per heavy atom. The lowest BCUT2D eigenvalue weighted by atomic mass is 9.86. The van der Waals surface area contributed by atoms with Crippen LogP contribution >= 0.6 is 34.7 Å². The number of rotatable bonds is 6. The number of thiazole rings is 1. The van der Waals surface area contributed by atoms with E-state index in [0.29, 0.717) is 17.7 Å². The monoisotopic (exact) mass is 445 g/mol. The molecule has 0 aliphatic carbocycles. The van der Waals surface area contributed by atoms with Crippen LogP contribution in [0.25, 0.3) is 0 Å². The Balaban J connectivity index is 1.81. The Kier molecular flexibility index (Phi) is 5.82. The molecule has 2 aliphatic heterocycles. The van der Waals surface area contributed by atoms with Crippen molar-refractivity contribution in [2.75, 3.05) is 19.1 Å². The van der Waals surface area contributed by atoms with Gasteiger partial charge in [0, 0.05) is 4.91 Å². The first-order valence-corrected chi connectivity index (χ1v) is 10.4. The van der Waals surface area contributed by atoms with Crippen molar-refractivity contribution in [3.8, 4) is 0 Å². The van der Waals surface area contributed by atoms with Gasteiger partial charge in [0.1, 0.15) is 28.9 Å². The summed E-state index contributed by atoms with van der Waals surface area (Å²) >= 11 is 8.31. The maximum absolute atomic E-state index is 12.7. The summed E-state index contributed by atoms with van der Waals surface area (Å²) in [5.41, 5.74) is 5.40. The fourth-order valence-electron chi connectivity index (χ4n) is 3.18. The van der Waals surface area contributed by atoms with Crippen molar-refractivity contribution in [3.05, 3.63) is 20.6 Å². The summed E-state index contributed by atoms with van der Waals surface area (Å²) in [6.45, 7) is 0.